The zero-order chi connectivity index (χ0) is 24.4. The molecule has 1 N–H and O–H groups in total. The summed E-state index contributed by atoms with van der Waals surface area (Å²) in [6.07, 6.45) is 0. The normalized spacial score (nSPS) is 16.1. The van der Waals surface area contributed by atoms with Crippen molar-refractivity contribution in [1.29, 1.82) is 0 Å². The van der Waals surface area contributed by atoms with Crippen LogP contribution in [0.1, 0.15) is 29.1 Å². The lowest BCUT2D eigenvalue weighted by atomic mass is 9.95. The van der Waals surface area contributed by atoms with E-state index in [0.29, 0.717) is 47.7 Å². The highest BCUT2D eigenvalue weighted by molar-refractivity contribution is 6.16. The van der Waals surface area contributed by atoms with Gasteiger partial charge in [-0.15, -0.1) is 0 Å². The fourth-order valence-corrected chi connectivity index (χ4v) is 4.15. The first-order chi connectivity index (χ1) is 16.3. The zero-order valence-electron chi connectivity index (χ0n) is 19.7. The Kier molecular flexibility index (Phi) is 6.61. The van der Waals surface area contributed by atoms with Crippen LogP contribution in [0.25, 0.3) is 11.0 Å². The Morgan fingerprint density at radius 1 is 1.18 bits per heavy atom. The quantitative estimate of drug-likeness (QED) is 0.479. The van der Waals surface area contributed by atoms with Gasteiger partial charge in [0.2, 0.25) is 5.78 Å². The smallest absolute Gasteiger partial charge is 0.290 e. The number of nitrogens with zero attached hydrogens (tertiary/aromatic N) is 2. The number of carbonyl (C=O) groups excluding carboxylic acids is 2. The fraction of sp³-hybridized carbons (Fsp3) is 0.308. The van der Waals surface area contributed by atoms with Crippen molar-refractivity contribution in [2.75, 3.05) is 40.9 Å². The van der Waals surface area contributed by atoms with Gasteiger partial charge in [0.25, 0.3) is 5.91 Å². The standard InChI is InChI=1S/C26H28N2O6/c1-5-33-18-10-6-8-16(14-18)22-21(24(30)26(31)28(22)13-12-27(2)3)23(29)20-15-17-9-7-11-19(32-4)25(17)34-20/h6-11,14-15,22,30H,5,12-13H2,1-4H3. The number of carbonyl (C=O) groups is 2. The molecule has 0 bridgehead atoms. The number of likely N-dealkylation sites (N-methyl/N-ethyl adjacent to an activating group) is 1. The van der Waals surface area contributed by atoms with Gasteiger partial charge in [0.15, 0.2) is 22.9 Å². The van der Waals surface area contributed by atoms with Crippen molar-refractivity contribution in [3.05, 3.63) is 71.2 Å². The minimum Gasteiger partial charge on any atom is -0.503 e. The SMILES string of the molecule is CCOc1cccc(C2C(C(=O)c3cc4cccc(OC)c4o3)=C(O)C(=O)N2CCN(C)C)c1. The number of para-hydroxylation sites is 1. The summed E-state index contributed by atoms with van der Waals surface area (Å²) in [5.74, 6) is -0.580. The summed E-state index contributed by atoms with van der Waals surface area (Å²) in [5.41, 5.74) is 1.08. The van der Waals surface area contributed by atoms with Crippen LogP contribution in [0.5, 0.6) is 11.5 Å². The molecule has 8 nitrogen and oxygen atoms in total. The first-order valence-electron chi connectivity index (χ1n) is 11.1. The Labute approximate surface area is 198 Å². The van der Waals surface area contributed by atoms with Gasteiger partial charge in [-0.2, -0.15) is 0 Å². The fourth-order valence-electron chi connectivity index (χ4n) is 4.15. The molecule has 34 heavy (non-hydrogen) atoms. The van der Waals surface area contributed by atoms with Crippen molar-refractivity contribution in [1.82, 2.24) is 9.80 Å². The van der Waals surface area contributed by atoms with E-state index in [2.05, 4.69) is 0 Å². The molecule has 3 aromatic rings. The molecule has 1 aliphatic heterocycles. The average molecular weight is 465 g/mol. The molecule has 0 spiro atoms. The third-order valence-corrected chi connectivity index (χ3v) is 5.77. The molecule has 0 saturated carbocycles. The van der Waals surface area contributed by atoms with E-state index in [4.69, 9.17) is 13.9 Å². The van der Waals surface area contributed by atoms with Crippen molar-refractivity contribution in [2.24, 2.45) is 0 Å². The Hall–Kier alpha value is -3.78. The number of methoxy groups -OCH3 is 1. The number of furan rings is 1. The van der Waals surface area contributed by atoms with E-state index in [1.54, 1.807) is 36.4 Å². The van der Waals surface area contributed by atoms with Crippen LogP contribution in [-0.2, 0) is 4.79 Å². The molecule has 8 heteroatoms. The molecular weight excluding hydrogens is 436 g/mol. The summed E-state index contributed by atoms with van der Waals surface area (Å²) in [7, 11) is 5.31. The number of aliphatic hydroxyl groups is 1. The van der Waals surface area contributed by atoms with Crippen molar-refractivity contribution in [2.45, 2.75) is 13.0 Å². The summed E-state index contributed by atoms with van der Waals surface area (Å²) >= 11 is 0. The highest BCUT2D eigenvalue weighted by Gasteiger charge is 2.44. The van der Waals surface area contributed by atoms with Crippen LogP contribution in [0, 0.1) is 0 Å². The molecule has 0 radical (unpaired) electrons. The Morgan fingerprint density at radius 3 is 2.65 bits per heavy atom. The van der Waals surface area contributed by atoms with E-state index >= 15 is 0 Å². The number of ketones is 1. The lowest BCUT2D eigenvalue weighted by Crippen LogP contribution is -2.36. The van der Waals surface area contributed by atoms with Crippen LogP contribution in [0.3, 0.4) is 0 Å². The topological polar surface area (TPSA) is 92.4 Å². The van der Waals surface area contributed by atoms with Gasteiger partial charge in [-0.3, -0.25) is 9.59 Å². The lowest BCUT2D eigenvalue weighted by Gasteiger charge is -2.28. The largest absolute Gasteiger partial charge is 0.503 e. The van der Waals surface area contributed by atoms with Gasteiger partial charge in [0.1, 0.15) is 5.75 Å². The molecular formula is C26H28N2O6. The van der Waals surface area contributed by atoms with Gasteiger partial charge >= 0.3 is 0 Å². The number of hydrogen-bond donors (Lipinski definition) is 1. The summed E-state index contributed by atoms with van der Waals surface area (Å²) in [6.45, 7) is 3.24. The Bertz CT molecular complexity index is 1260. The number of benzene rings is 2. The van der Waals surface area contributed by atoms with Gasteiger partial charge in [0.05, 0.1) is 25.3 Å². The molecule has 0 fully saturated rings. The van der Waals surface area contributed by atoms with E-state index in [1.165, 1.54) is 12.0 Å². The monoisotopic (exact) mass is 464 g/mol. The molecule has 4 rings (SSSR count). The summed E-state index contributed by atoms with van der Waals surface area (Å²) in [6, 6.07) is 13.4. The average Bonchev–Trinajstić information content (AvgIpc) is 3.37. The maximum absolute atomic E-state index is 13.7. The number of rotatable bonds is 9. The second-order valence-electron chi connectivity index (χ2n) is 8.29. The van der Waals surface area contributed by atoms with Gasteiger partial charge in [-0.05, 0) is 50.8 Å². The van der Waals surface area contributed by atoms with E-state index < -0.39 is 23.5 Å². The highest BCUT2D eigenvalue weighted by Crippen LogP contribution is 2.40. The summed E-state index contributed by atoms with van der Waals surface area (Å²) < 4.78 is 16.8. The molecule has 0 saturated heterocycles. The van der Waals surface area contributed by atoms with Crippen LogP contribution in [0.2, 0.25) is 0 Å². The minimum absolute atomic E-state index is 0.0181. The molecule has 1 aromatic heterocycles. The number of hydrogen-bond acceptors (Lipinski definition) is 7. The highest BCUT2D eigenvalue weighted by atomic mass is 16.5. The number of amides is 1. The first kappa shape index (κ1) is 23.4. The van der Waals surface area contributed by atoms with Crippen LogP contribution in [0.4, 0.5) is 0 Å². The molecule has 178 valence electrons. The van der Waals surface area contributed by atoms with Gasteiger partial charge < -0.3 is 28.8 Å². The summed E-state index contributed by atoms with van der Waals surface area (Å²) in [5, 5.41) is 11.5. The molecule has 2 aromatic carbocycles. The van der Waals surface area contributed by atoms with Gasteiger partial charge in [0, 0.05) is 18.5 Å². The van der Waals surface area contributed by atoms with Crippen molar-refractivity contribution >= 4 is 22.7 Å². The van der Waals surface area contributed by atoms with Crippen molar-refractivity contribution < 1.29 is 28.6 Å². The van der Waals surface area contributed by atoms with E-state index in [1.807, 2.05) is 38.1 Å². The molecule has 1 amide bonds. The zero-order valence-corrected chi connectivity index (χ0v) is 19.7. The third-order valence-electron chi connectivity index (χ3n) is 5.77. The van der Waals surface area contributed by atoms with Crippen LogP contribution < -0.4 is 9.47 Å². The van der Waals surface area contributed by atoms with Crippen molar-refractivity contribution in [3.8, 4) is 11.5 Å². The van der Waals surface area contributed by atoms with Crippen molar-refractivity contribution in [3.63, 3.8) is 0 Å². The van der Waals surface area contributed by atoms with E-state index in [9.17, 15) is 14.7 Å². The van der Waals surface area contributed by atoms with Crippen LogP contribution in [-0.4, -0.2) is 67.5 Å². The van der Waals surface area contributed by atoms with E-state index in [-0.39, 0.29) is 11.3 Å². The predicted molar refractivity (Wildman–Crippen MR) is 127 cm³/mol. The molecule has 2 heterocycles. The van der Waals surface area contributed by atoms with E-state index in [0.717, 1.165) is 0 Å². The Balaban J connectivity index is 1.80. The number of aliphatic hydroxyl groups excluding tert-OH is 1. The minimum atomic E-state index is -0.782. The first-order valence-corrected chi connectivity index (χ1v) is 11.1. The second-order valence-corrected chi connectivity index (χ2v) is 8.29. The maximum atomic E-state index is 13.7. The predicted octanol–water partition coefficient (Wildman–Crippen LogP) is 3.98. The second kappa shape index (κ2) is 9.61. The maximum Gasteiger partial charge on any atom is 0.290 e. The van der Waals surface area contributed by atoms with Crippen LogP contribution in [0.15, 0.2) is 64.3 Å². The molecule has 0 aliphatic carbocycles. The molecule has 1 unspecified atom stereocenters. The molecule has 1 atom stereocenters. The van der Waals surface area contributed by atoms with Crippen LogP contribution >= 0.6 is 0 Å². The van der Waals surface area contributed by atoms with Gasteiger partial charge in [-0.25, -0.2) is 0 Å². The lowest BCUT2D eigenvalue weighted by molar-refractivity contribution is -0.129. The third kappa shape index (κ3) is 4.24. The van der Waals surface area contributed by atoms with Gasteiger partial charge in [-0.1, -0.05) is 24.3 Å². The number of fused-ring (bicyclic) bond motifs is 1. The number of Topliss-reactive ketones (excluding diaryl/α,β-unsaturated/α-hetero) is 1. The number of ether oxygens (including phenoxy) is 2. The summed E-state index contributed by atoms with van der Waals surface area (Å²) in [4.78, 5) is 30.2. The Morgan fingerprint density at radius 2 is 1.94 bits per heavy atom. The molecule has 1 aliphatic rings.